The zero-order chi connectivity index (χ0) is 22.0. The molecule has 0 atom stereocenters. The Labute approximate surface area is 181 Å². The maximum atomic E-state index is 12.9. The molecule has 31 heavy (non-hydrogen) atoms. The molecule has 2 aromatic carbocycles. The quantitative estimate of drug-likeness (QED) is 0.463. The standard InChI is InChI=1S/C23H20F3NO3S/c24-23(25,26)17-5-1-3-15(11-17)18-13-31-20(27-18)9-10-30-19-6-2-4-16(12-21(28)29)22(19)14-7-8-14/h1-6,11,13-14H,7-10,12H2,(H,28,29). The maximum absolute atomic E-state index is 12.9. The first-order chi connectivity index (χ1) is 14.8. The van der Waals surface area contributed by atoms with Gasteiger partial charge in [-0.15, -0.1) is 11.3 Å². The van der Waals surface area contributed by atoms with E-state index in [1.54, 1.807) is 17.5 Å². The van der Waals surface area contributed by atoms with Crippen molar-refractivity contribution in [3.63, 3.8) is 0 Å². The number of hydrogen-bond donors (Lipinski definition) is 1. The second-order valence-electron chi connectivity index (χ2n) is 7.48. The highest BCUT2D eigenvalue weighted by atomic mass is 32.1. The highest BCUT2D eigenvalue weighted by Crippen LogP contribution is 2.46. The van der Waals surface area contributed by atoms with E-state index in [9.17, 15) is 18.0 Å². The number of ether oxygens (including phenoxy) is 1. The summed E-state index contributed by atoms with van der Waals surface area (Å²) < 4.78 is 44.8. The second kappa shape index (κ2) is 8.70. The zero-order valence-corrected chi connectivity index (χ0v) is 17.3. The molecule has 4 nitrogen and oxygen atoms in total. The number of carboxylic acids is 1. The van der Waals surface area contributed by atoms with Gasteiger partial charge in [0.1, 0.15) is 5.75 Å². The van der Waals surface area contributed by atoms with Crippen LogP contribution in [0.1, 0.15) is 40.5 Å². The fraction of sp³-hybridized carbons (Fsp3) is 0.304. The van der Waals surface area contributed by atoms with Crippen LogP contribution in [0.2, 0.25) is 0 Å². The van der Waals surface area contributed by atoms with E-state index in [2.05, 4.69) is 4.98 Å². The summed E-state index contributed by atoms with van der Waals surface area (Å²) in [6.07, 6.45) is -1.86. The number of thiazole rings is 1. The van der Waals surface area contributed by atoms with E-state index < -0.39 is 17.7 Å². The van der Waals surface area contributed by atoms with Gasteiger partial charge < -0.3 is 9.84 Å². The Kier molecular flexibility index (Phi) is 6.00. The van der Waals surface area contributed by atoms with E-state index in [1.807, 2.05) is 12.1 Å². The molecule has 1 heterocycles. The largest absolute Gasteiger partial charge is 0.493 e. The molecule has 0 radical (unpaired) electrons. The van der Waals surface area contributed by atoms with E-state index in [1.165, 1.54) is 17.4 Å². The highest BCUT2D eigenvalue weighted by Gasteiger charge is 2.31. The second-order valence-corrected chi connectivity index (χ2v) is 8.42. The van der Waals surface area contributed by atoms with Gasteiger partial charge in [-0.2, -0.15) is 13.2 Å². The number of hydrogen-bond acceptors (Lipinski definition) is 4. The minimum Gasteiger partial charge on any atom is -0.493 e. The lowest BCUT2D eigenvalue weighted by Gasteiger charge is -2.14. The normalized spacial score (nSPS) is 13.9. The summed E-state index contributed by atoms with van der Waals surface area (Å²) in [5, 5.41) is 11.7. The molecular formula is C23H20F3NO3S. The van der Waals surface area contributed by atoms with Gasteiger partial charge in [-0.25, -0.2) is 4.98 Å². The van der Waals surface area contributed by atoms with Crippen LogP contribution in [0.25, 0.3) is 11.3 Å². The third-order valence-corrected chi connectivity index (χ3v) is 6.00. The van der Waals surface area contributed by atoms with Crippen LogP contribution in [-0.2, 0) is 23.8 Å². The number of rotatable bonds is 8. The van der Waals surface area contributed by atoms with Crippen LogP contribution in [0, 0.1) is 0 Å². The van der Waals surface area contributed by atoms with Gasteiger partial charge >= 0.3 is 12.1 Å². The van der Waals surface area contributed by atoms with Crippen molar-refractivity contribution in [2.45, 2.75) is 37.8 Å². The Morgan fingerprint density at radius 2 is 1.97 bits per heavy atom. The van der Waals surface area contributed by atoms with E-state index in [-0.39, 0.29) is 6.42 Å². The van der Waals surface area contributed by atoms with Gasteiger partial charge in [0.15, 0.2) is 0 Å². The van der Waals surface area contributed by atoms with Crippen LogP contribution in [0.4, 0.5) is 13.2 Å². The SMILES string of the molecule is O=C(O)Cc1cccc(OCCc2nc(-c3cccc(C(F)(F)F)c3)cs2)c1C1CC1. The third-order valence-electron chi connectivity index (χ3n) is 5.09. The monoisotopic (exact) mass is 447 g/mol. The van der Waals surface area contributed by atoms with Crippen molar-refractivity contribution in [3.05, 3.63) is 69.5 Å². The molecule has 162 valence electrons. The van der Waals surface area contributed by atoms with Crippen molar-refractivity contribution in [3.8, 4) is 17.0 Å². The fourth-order valence-corrected chi connectivity index (χ4v) is 4.32. The number of carbonyl (C=O) groups is 1. The van der Waals surface area contributed by atoms with E-state index in [0.717, 1.165) is 41.1 Å². The molecule has 0 amide bonds. The lowest BCUT2D eigenvalue weighted by molar-refractivity contribution is -0.138. The molecule has 4 rings (SSSR count). The van der Waals surface area contributed by atoms with Crippen molar-refractivity contribution in [2.75, 3.05) is 6.61 Å². The van der Waals surface area contributed by atoms with Crippen molar-refractivity contribution in [1.82, 2.24) is 4.98 Å². The van der Waals surface area contributed by atoms with Crippen LogP contribution in [0.3, 0.4) is 0 Å². The first kappa shape index (κ1) is 21.4. The summed E-state index contributed by atoms with van der Waals surface area (Å²) in [5.74, 6) is 0.179. The Morgan fingerprint density at radius 1 is 1.19 bits per heavy atom. The van der Waals surface area contributed by atoms with Crippen molar-refractivity contribution in [2.24, 2.45) is 0 Å². The highest BCUT2D eigenvalue weighted by molar-refractivity contribution is 7.09. The zero-order valence-electron chi connectivity index (χ0n) is 16.5. The van der Waals surface area contributed by atoms with Gasteiger partial charge in [0.05, 0.1) is 29.3 Å². The lowest BCUT2D eigenvalue weighted by Crippen LogP contribution is -2.07. The molecular weight excluding hydrogens is 427 g/mol. The first-order valence-corrected chi connectivity index (χ1v) is 10.8. The Hall–Kier alpha value is -2.87. The van der Waals surface area contributed by atoms with Crippen molar-refractivity contribution < 1.29 is 27.8 Å². The molecule has 0 spiro atoms. The molecule has 1 fully saturated rings. The average Bonchev–Trinajstić information content (AvgIpc) is 3.44. The fourth-order valence-electron chi connectivity index (χ4n) is 3.53. The van der Waals surface area contributed by atoms with Crippen LogP contribution in [0.15, 0.2) is 47.8 Å². The predicted molar refractivity (Wildman–Crippen MR) is 112 cm³/mol. The van der Waals surface area contributed by atoms with Crippen LogP contribution >= 0.6 is 11.3 Å². The van der Waals surface area contributed by atoms with Crippen LogP contribution in [0.5, 0.6) is 5.75 Å². The first-order valence-electron chi connectivity index (χ1n) is 9.89. The third kappa shape index (κ3) is 5.25. The Bertz CT molecular complexity index is 1090. The summed E-state index contributed by atoms with van der Waals surface area (Å²) in [5.41, 5.74) is 2.00. The number of nitrogens with zero attached hydrogens (tertiary/aromatic N) is 1. The van der Waals surface area contributed by atoms with Gasteiger partial charge in [-0.05, 0) is 42.5 Å². The van der Waals surface area contributed by atoms with E-state index in [0.29, 0.717) is 36.0 Å². The topological polar surface area (TPSA) is 59.4 Å². The predicted octanol–water partition coefficient (Wildman–Crippen LogP) is 5.95. The molecule has 8 heteroatoms. The van der Waals surface area contributed by atoms with Crippen LogP contribution < -0.4 is 4.74 Å². The van der Waals surface area contributed by atoms with Gasteiger partial charge in [-0.1, -0.05) is 24.3 Å². The smallest absolute Gasteiger partial charge is 0.416 e. The van der Waals surface area contributed by atoms with Crippen LogP contribution in [-0.4, -0.2) is 22.7 Å². The van der Waals surface area contributed by atoms with E-state index >= 15 is 0 Å². The number of halogens is 3. The summed E-state index contributed by atoms with van der Waals surface area (Å²) in [7, 11) is 0. The number of benzene rings is 2. The average molecular weight is 447 g/mol. The number of aliphatic carboxylic acids is 1. The number of alkyl halides is 3. The molecule has 1 N–H and O–H groups in total. The van der Waals surface area contributed by atoms with Crippen molar-refractivity contribution in [1.29, 1.82) is 0 Å². The van der Waals surface area contributed by atoms with E-state index in [4.69, 9.17) is 9.84 Å². The summed E-state index contributed by atoms with van der Waals surface area (Å²) in [6.45, 7) is 0.353. The number of aromatic nitrogens is 1. The molecule has 0 aliphatic heterocycles. The molecule has 1 aliphatic carbocycles. The summed E-state index contributed by atoms with van der Waals surface area (Å²) >= 11 is 1.38. The molecule has 3 aromatic rings. The Balaban J connectivity index is 1.43. The molecule has 1 aromatic heterocycles. The minimum atomic E-state index is -4.39. The minimum absolute atomic E-state index is 0.0319. The van der Waals surface area contributed by atoms with Gasteiger partial charge in [-0.3, -0.25) is 4.79 Å². The molecule has 0 saturated heterocycles. The molecule has 1 aliphatic rings. The van der Waals surface area contributed by atoms with Gasteiger partial charge in [0, 0.05) is 22.9 Å². The molecule has 1 saturated carbocycles. The number of carboxylic acid groups (broad SMARTS) is 1. The summed E-state index contributed by atoms with van der Waals surface area (Å²) in [6, 6.07) is 10.6. The Morgan fingerprint density at radius 3 is 2.68 bits per heavy atom. The molecule has 0 bridgehead atoms. The van der Waals surface area contributed by atoms with Gasteiger partial charge in [0.2, 0.25) is 0 Å². The maximum Gasteiger partial charge on any atom is 0.416 e. The molecule has 0 unspecified atom stereocenters. The van der Waals surface area contributed by atoms with Crippen molar-refractivity contribution >= 4 is 17.3 Å². The van der Waals surface area contributed by atoms with Gasteiger partial charge in [0.25, 0.3) is 0 Å². The summed E-state index contributed by atoms with van der Waals surface area (Å²) in [4.78, 5) is 15.6. The lowest BCUT2D eigenvalue weighted by atomic mass is 9.99.